The largest absolute Gasteiger partial charge is 0.468 e. The van der Waals surface area contributed by atoms with Gasteiger partial charge in [0.1, 0.15) is 5.76 Å². The van der Waals surface area contributed by atoms with Crippen molar-refractivity contribution in [3.8, 4) is 0 Å². The van der Waals surface area contributed by atoms with E-state index in [2.05, 4.69) is 22.3 Å². The molecule has 0 saturated carbocycles. The lowest BCUT2D eigenvalue weighted by Crippen LogP contribution is -2.42. The maximum atomic E-state index is 12.8. The van der Waals surface area contributed by atoms with Gasteiger partial charge < -0.3 is 14.6 Å². The van der Waals surface area contributed by atoms with Crippen molar-refractivity contribution in [3.63, 3.8) is 0 Å². The number of piperidine rings is 1. The molecule has 1 aromatic carbocycles. The first kappa shape index (κ1) is 20.7. The molecular formula is C24H31N3O3. The summed E-state index contributed by atoms with van der Waals surface area (Å²) in [6, 6.07) is 14.1. The van der Waals surface area contributed by atoms with Crippen LogP contribution in [0.15, 0.2) is 53.1 Å². The summed E-state index contributed by atoms with van der Waals surface area (Å²) in [5.74, 6) is 0.667. The number of amides is 2. The molecule has 1 N–H and O–H groups in total. The molecule has 2 aliphatic rings. The van der Waals surface area contributed by atoms with Crippen LogP contribution >= 0.6 is 0 Å². The summed E-state index contributed by atoms with van der Waals surface area (Å²) in [6.45, 7) is 3.73. The Labute approximate surface area is 178 Å². The Morgan fingerprint density at radius 3 is 2.63 bits per heavy atom. The predicted molar refractivity (Wildman–Crippen MR) is 115 cm³/mol. The number of furan rings is 1. The number of nitrogens with zero attached hydrogens (tertiary/aromatic N) is 2. The summed E-state index contributed by atoms with van der Waals surface area (Å²) in [6.07, 6.45) is 6.43. The molecule has 2 atom stereocenters. The van der Waals surface area contributed by atoms with E-state index in [0.29, 0.717) is 26.1 Å². The fourth-order valence-corrected chi connectivity index (χ4v) is 4.53. The molecule has 2 saturated heterocycles. The van der Waals surface area contributed by atoms with Gasteiger partial charge in [-0.3, -0.25) is 14.5 Å². The van der Waals surface area contributed by atoms with Crippen LogP contribution in [0.3, 0.4) is 0 Å². The number of hydrogen-bond acceptors (Lipinski definition) is 4. The average Bonchev–Trinajstić information content (AvgIpc) is 3.44. The lowest BCUT2D eigenvalue weighted by molar-refractivity contribution is -0.129. The monoisotopic (exact) mass is 409 g/mol. The van der Waals surface area contributed by atoms with Gasteiger partial charge in [0.05, 0.1) is 18.2 Å². The van der Waals surface area contributed by atoms with Crippen LogP contribution in [0.25, 0.3) is 0 Å². The fraction of sp³-hybridized carbons (Fsp3) is 0.500. The molecule has 3 heterocycles. The van der Waals surface area contributed by atoms with Gasteiger partial charge in [0.25, 0.3) is 0 Å². The van der Waals surface area contributed by atoms with Crippen LogP contribution in [0.1, 0.15) is 43.0 Å². The van der Waals surface area contributed by atoms with Gasteiger partial charge in [0.2, 0.25) is 11.8 Å². The molecule has 2 aliphatic heterocycles. The molecule has 0 aliphatic carbocycles. The minimum absolute atomic E-state index is 0.0286. The van der Waals surface area contributed by atoms with Gasteiger partial charge in [-0.2, -0.15) is 0 Å². The van der Waals surface area contributed by atoms with E-state index in [9.17, 15) is 9.59 Å². The highest BCUT2D eigenvalue weighted by Gasteiger charge is 2.34. The molecule has 6 heteroatoms. The minimum Gasteiger partial charge on any atom is -0.468 e. The Hall–Kier alpha value is -2.60. The van der Waals surface area contributed by atoms with E-state index in [4.69, 9.17) is 4.42 Å². The third-order valence-corrected chi connectivity index (χ3v) is 6.27. The standard InChI is InChI=1S/C24H31N3O3/c28-23-16-20(18-27(23)14-11-19-8-3-1-4-9-19)24(29)25-17-21(22-10-7-15-30-22)26-12-5-2-6-13-26/h1,3-4,7-10,15,20-21H,2,5-6,11-14,16-18H2,(H,25,29). The van der Waals surface area contributed by atoms with Crippen LogP contribution in [0.4, 0.5) is 0 Å². The van der Waals surface area contributed by atoms with Crippen molar-refractivity contribution in [1.29, 1.82) is 0 Å². The van der Waals surface area contributed by atoms with Gasteiger partial charge in [-0.25, -0.2) is 0 Å². The van der Waals surface area contributed by atoms with Crippen LogP contribution in [-0.4, -0.2) is 54.3 Å². The number of hydrogen-bond donors (Lipinski definition) is 1. The molecule has 2 fully saturated rings. The molecule has 0 radical (unpaired) electrons. The average molecular weight is 410 g/mol. The number of likely N-dealkylation sites (tertiary alicyclic amines) is 2. The van der Waals surface area contributed by atoms with Gasteiger partial charge in [0, 0.05) is 26.1 Å². The van der Waals surface area contributed by atoms with Crippen molar-refractivity contribution in [2.45, 2.75) is 38.1 Å². The normalized spacial score (nSPS) is 21.0. The summed E-state index contributed by atoms with van der Waals surface area (Å²) in [7, 11) is 0. The lowest BCUT2D eigenvalue weighted by atomic mass is 10.1. The second kappa shape index (κ2) is 9.94. The molecule has 30 heavy (non-hydrogen) atoms. The molecule has 6 nitrogen and oxygen atoms in total. The maximum Gasteiger partial charge on any atom is 0.225 e. The van der Waals surface area contributed by atoms with E-state index in [1.807, 2.05) is 35.2 Å². The zero-order valence-electron chi connectivity index (χ0n) is 17.5. The molecule has 2 unspecified atom stereocenters. The number of carbonyl (C=O) groups is 2. The van der Waals surface area contributed by atoms with E-state index in [-0.39, 0.29) is 23.8 Å². The lowest BCUT2D eigenvalue weighted by Gasteiger charge is -2.33. The van der Waals surface area contributed by atoms with E-state index in [1.54, 1.807) is 6.26 Å². The van der Waals surface area contributed by atoms with Crippen LogP contribution in [0.5, 0.6) is 0 Å². The van der Waals surface area contributed by atoms with Gasteiger partial charge in [-0.1, -0.05) is 36.8 Å². The molecular weight excluding hydrogens is 378 g/mol. The Bertz CT molecular complexity index is 815. The molecule has 2 aromatic rings. The number of carbonyl (C=O) groups excluding carboxylic acids is 2. The number of nitrogens with one attached hydrogen (secondary N) is 1. The van der Waals surface area contributed by atoms with Gasteiger partial charge >= 0.3 is 0 Å². The first-order valence-electron chi connectivity index (χ1n) is 11.1. The highest BCUT2D eigenvalue weighted by atomic mass is 16.3. The van der Waals surface area contributed by atoms with Crippen molar-refractivity contribution in [2.75, 3.05) is 32.7 Å². The SMILES string of the molecule is O=C(NCC(c1ccco1)N1CCCCC1)C1CC(=O)N(CCc2ccccc2)C1. The Kier molecular flexibility index (Phi) is 6.84. The Morgan fingerprint density at radius 1 is 1.10 bits per heavy atom. The van der Waals surface area contributed by atoms with Gasteiger partial charge in [0.15, 0.2) is 0 Å². The van der Waals surface area contributed by atoms with Crippen molar-refractivity contribution >= 4 is 11.8 Å². The summed E-state index contributed by atoms with van der Waals surface area (Å²) in [4.78, 5) is 29.5. The quantitative estimate of drug-likeness (QED) is 0.728. The maximum absolute atomic E-state index is 12.8. The molecule has 1 aromatic heterocycles. The van der Waals surface area contributed by atoms with Crippen LogP contribution in [0.2, 0.25) is 0 Å². The second-order valence-corrected chi connectivity index (χ2v) is 8.35. The van der Waals surface area contributed by atoms with Crippen LogP contribution in [0, 0.1) is 5.92 Å². The van der Waals surface area contributed by atoms with Gasteiger partial charge in [-0.05, 0) is 50.0 Å². The van der Waals surface area contributed by atoms with Gasteiger partial charge in [-0.15, -0.1) is 0 Å². The Morgan fingerprint density at radius 2 is 1.90 bits per heavy atom. The third-order valence-electron chi connectivity index (χ3n) is 6.27. The molecule has 0 spiro atoms. The van der Waals surface area contributed by atoms with E-state index < -0.39 is 0 Å². The first-order valence-corrected chi connectivity index (χ1v) is 11.1. The van der Waals surface area contributed by atoms with Crippen molar-refractivity contribution < 1.29 is 14.0 Å². The molecule has 0 bridgehead atoms. The highest BCUT2D eigenvalue weighted by Crippen LogP contribution is 2.25. The van der Waals surface area contributed by atoms with E-state index in [1.165, 1.54) is 24.8 Å². The van der Waals surface area contributed by atoms with Crippen LogP contribution < -0.4 is 5.32 Å². The van der Waals surface area contributed by atoms with Crippen LogP contribution in [-0.2, 0) is 16.0 Å². The predicted octanol–water partition coefficient (Wildman–Crippen LogP) is 3.01. The second-order valence-electron chi connectivity index (χ2n) is 8.35. The number of benzene rings is 1. The zero-order chi connectivity index (χ0) is 20.8. The molecule has 2 amide bonds. The molecule has 4 rings (SSSR count). The third kappa shape index (κ3) is 5.11. The summed E-state index contributed by atoms with van der Waals surface area (Å²) in [5.41, 5.74) is 1.21. The van der Waals surface area contributed by atoms with Crippen molar-refractivity contribution in [3.05, 3.63) is 60.1 Å². The van der Waals surface area contributed by atoms with Crippen molar-refractivity contribution in [1.82, 2.24) is 15.1 Å². The topological polar surface area (TPSA) is 65.8 Å². The summed E-state index contributed by atoms with van der Waals surface area (Å²) < 4.78 is 5.66. The van der Waals surface area contributed by atoms with Crippen molar-refractivity contribution in [2.24, 2.45) is 5.92 Å². The molecule has 160 valence electrons. The van der Waals surface area contributed by atoms with E-state index >= 15 is 0 Å². The zero-order valence-corrected chi connectivity index (χ0v) is 17.5. The first-order chi connectivity index (χ1) is 14.7. The number of rotatable bonds is 8. The highest BCUT2D eigenvalue weighted by molar-refractivity contribution is 5.89. The summed E-state index contributed by atoms with van der Waals surface area (Å²) >= 11 is 0. The fourth-order valence-electron chi connectivity index (χ4n) is 4.53. The smallest absolute Gasteiger partial charge is 0.225 e. The summed E-state index contributed by atoms with van der Waals surface area (Å²) in [5, 5.41) is 3.11. The Balaban J connectivity index is 1.30. The van der Waals surface area contributed by atoms with E-state index in [0.717, 1.165) is 25.3 Å². The minimum atomic E-state index is -0.271.